The molecule has 1 aromatic carbocycles. The van der Waals surface area contributed by atoms with Gasteiger partial charge in [-0.3, -0.25) is 9.59 Å². The summed E-state index contributed by atoms with van der Waals surface area (Å²) in [6, 6.07) is 7.42. The number of hydrogen-bond donors (Lipinski definition) is 3. The molecule has 1 fully saturated rings. The number of ether oxygens (including phenoxy) is 3. The van der Waals surface area contributed by atoms with Crippen molar-refractivity contribution >= 4 is 28.9 Å². The van der Waals surface area contributed by atoms with Gasteiger partial charge in [-0.1, -0.05) is 53.7 Å². The summed E-state index contributed by atoms with van der Waals surface area (Å²) >= 11 is 0. The first-order valence-electron chi connectivity index (χ1n) is 16.7. The van der Waals surface area contributed by atoms with Crippen molar-refractivity contribution < 1.29 is 28.6 Å². The Morgan fingerprint density at radius 2 is 1.76 bits per heavy atom. The molecule has 1 aliphatic rings. The van der Waals surface area contributed by atoms with E-state index in [0.717, 1.165) is 23.7 Å². The van der Waals surface area contributed by atoms with Crippen molar-refractivity contribution in [3.63, 3.8) is 0 Å². The molecule has 252 valence electrons. The van der Waals surface area contributed by atoms with Gasteiger partial charge in [0.2, 0.25) is 5.91 Å². The van der Waals surface area contributed by atoms with Crippen LogP contribution in [0.4, 0.5) is 4.79 Å². The average molecular weight is 628 g/mol. The number of alkyl carbamates (subject to hydrolysis) is 1. The molecular formula is C36H57N3O6. The van der Waals surface area contributed by atoms with Crippen molar-refractivity contribution in [2.24, 2.45) is 29.6 Å². The second kappa shape index (κ2) is 16.0. The highest BCUT2D eigenvalue weighted by molar-refractivity contribution is 5.86. The Morgan fingerprint density at radius 1 is 1.04 bits per heavy atom. The zero-order valence-corrected chi connectivity index (χ0v) is 29.1. The van der Waals surface area contributed by atoms with E-state index in [1.165, 1.54) is 5.56 Å². The molecule has 2 amide bonds. The highest BCUT2D eigenvalue weighted by Crippen LogP contribution is 2.40. The van der Waals surface area contributed by atoms with E-state index in [1.54, 1.807) is 27.9 Å². The van der Waals surface area contributed by atoms with Crippen molar-refractivity contribution in [1.29, 1.82) is 0 Å². The molecule has 2 unspecified atom stereocenters. The third kappa shape index (κ3) is 10.2. The Bertz CT molecular complexity index is 1260. The summed E-state index contributed by atoms with van der Waals surface area (Å²) in [5.41, 5.74) is 1.63. The molecule has 3 N–H and O–H groups in total. The zero-order chi connectivity index (χ0) is 33.5. The van der Waals surface area contributed by atoms with Gasteiger partial charge in [-0.15, -0.1) is 0 Å². The maximum absolute atomic E-state index is 13.9. The highest BCUT2D eigenvalue weighted by Gasteiger charge is 2.43. The van der Waals surface area contributed by atoms with E-state index in [1.807, 2.05) is 33.9 Å². The van der Waals surface area contributed by atoms with Gasteiger partial charge in [0.05, 0.1) is 12.0 Å². The quantitative estimate of drug-likeness (QED) is 0.145. The molecule has 0 aliphatic carbocycles. The van der Waals surface area contributed by atoms with E-state index >= 15 is 0 Å². The number of carbonyl (C=O) groups is 3. The summed E-state index contributed by atoms with van der Waals surface area (Å²) in [5.74, 6) is -0.184. The maximum Gasteiger partial charge on any atom is 0.408 e. The molecule has 0 saturated carbocycles. The van der Waals surface area contributed by atoms with E-state index < -0.39 is 29.9 Å². The first kappa shape index (κ1) is 36.4. The number of nitrogens with one attached hydrogen (secondary N) is 3. The monoisotopic (exact) mass is 627 g/mol. The lowest BCUT2D eigenvalue weighted by Gasteiger charge is -2.36. The molecule has 3 rings (SSSR count). The molecule has 0 bridgehead atoms. The van der Waals surface area contributed by atoms with Crippen LogP contribution in [0.25, 0.3) is 10.9 Å². The molecule has 1 saturated heterocycles. The fraction of sp³-hybridized carbons (Fsp3) is 0.694. The SMILES string of the molecule is COCCCC(c1ccc2cc[nH]c2c1)[C@@H](C[C@H](NC(=O)C(NC(=O)OC(C)(C)C)C(C)C)[C@@H]1C[C@@H](C(C)C)C(=O)O1)C(C)C. The number of fused-ring (bicyclic) bond motifs is 1. The minimum atomic E-state index is -0.814. The molecule has 9 nitrogen and oxygen atoms in total. The van der Waals surface area contributed by atoms with Gasteiger partial charge in [-0.05, 0) is 99.1 Å². The second-order valence-corrected chi connectivity index (χ2v) is 14.8. The number of aromatic nitrogens is 1. The second-order valence-electron chi connectivity index (χ2n) is 14.8. The topological polar surface area (TPSA) is 119 Å². The van der Waals surface area contributed by atoms with Crippen LogP contribution in [-0.2, 0) is 23.8 Å². The minimum Gasteiger partial charge on any atom is -0.460 e. The van der Waals surface area contributed by atoms with Gasteiger partial charge < -0.3 is 29.8 Å². The molecule has 1 aliphatic heterocycles. The molecule has 1 aromatic heterocycles. The number of cyclic esters (lactones) is 1. The summed E-state index contributed by atoms with van der Waals surface area (Å²) in [6.45, 7) is 18.3. The Balaban J connectivity index is 1.96. The summed E-state index contributed by atoms with van der Waals surface area (Å²) in [6.07, 6.45) is 3.82. The Hall–Kier alpha value is -3.07. The highest BCUT2D eigenvalue weighted by atomic mass is 16.6. The Morgan fingerprint density at radius 3 is 2.33 bits per heavy atom. The number of carbonyl (C=O) groups excluding carboxylic acids is 3. The van der Waals surface area contributed by atoms with Crippen LogP contribution in [0, 0.1) is 29.6 Å². The number of methoxy groups -OCH3 is 1. The van der Waals surface area contributed by atoms with E-state index in [-0.39, 0.29) is 47.4 Å². The molecule has 45 heavy (non-hydrogen) atoms. The Labute approximate surface area is 269 Å². The smallest absolute Gasteiger partial charge is 0.408 e. The van der Waals surface area contributed by atoms with Crippen LogP contribution < -0.4 is 10.6 Å². The number of rotatable bonds is 15. The first-order chi connectivity index (χ1) is 21.1. The molecule has 2 aromatic rings. The van der Waals surface area contributed by atoms with Crippen LogP contribution in [-0.4, -0.2) is 60.5 Å². The van der Waals surface area contributed by atoms with E-state index in [2.05, 4.69) is 53.7 Å². The summed E-state index contributed by atoms with van der Waals surface area (Å²) in [5, 5.41) is 7.20. The lowest BCUT2D eigenvalue weighted by molar-refractivity contribution is -0.147. The third-order valence-corrected chi connectivity index (χ3v) is 9.03. The molecule has 0 radical (unpaired) electrons. The fourth-order valence-electron chi connectivity index (χ4n) is 6.53. The molecule has 2 heterocycles. The van der Waals surface area contributed by atoms with Gasteiger partial charge in [0.25, 0.3) is 0 Å². The first-order valence-corrected chi connectivity index (χ1v) is 16.7. The third-order valence-electron chi connectivity index (χ3n) is 9.03. The predicted octanol–water partition coefficient (Wildman–Crippen LogP) is 6.96. The van der Waals surface area contributed by atoms with Crippen molar-refractivity contribution in [2.45, 2.75) is 118 Å². The van der Waals surface area contributed by atoms with E-state index in [4.69, 9.17) is 14.2 Å². The van der Waals surface area contributed by atoms with Crippen molar-refractivity contribution in [2.75, 3.05) is 13.7 Å². The van der Waals surface area contributed by atoms with E-state index in [0.29, 0.717) is 19.4 Å². The van der Waals surface area contributed by atoms with Crippen LogP contribution >= 0.6 is 0 Å². The van der Waals surface area contributed by atoms with Gasteiger partial charge in [-0.25, -0.2) is 4.79 Å². The van der Waals surface area contributed by atoms with Gasteiger partial charge in [0.1, 0.15) is 17.7 Å². The Kier molecular flexibility index (Phi) is 12.9. The maximum atomic E-state index is 13.9. The standard InChI is InChI=1S/C36H57N3O6/c1-21(2)27(26(12-11-17-43-10)25-14-13-24-15-16-37-29(24)18-25)19-30(31-20-28(22(3)4)34(41)44-31)38-33(40)32(23(5)6)39-35(42)45-36(7,8)9/h13-16,18,21-23,26-28,30-32,37H,11-12,17,19-20H2,1-10H3,(H,38,40)(H,39,42)/t26?,27-,28-,30-,31-,32?/m0/s1. The molecule has 0 spiro atoms. The lowest BCUT2D eigenvalue weighted by atomic mass is 9.72. The molecule has 9 heteroatoms. The van der Waals surface area contributed by atoms with Gasteiger partial charge in [0, 0.05) is 25.4 Å². The van der Waals surface area contributed by atoms with Crippen LogP contribution in [0.3, 0.4) is 0 Å². The molecule has 6 atom stereocenters. The van der Waals surface area contributed by atoms with Gasteiger partial charge >= 0.3 is 12.1 Å². The van der Waals surface area contributed by atoms with Crippen molar-refractivity contribution in [1.82, 2.24) is 15.6 Å². The number of benzene rings is 1. The summed E-state index contributed by atoms with van der Waals surface area (Å²) in [7, 11) is 1.72. The van der Waals surface area contributed by atoms with Gasteiger partial charge in [0.15, 0.2) is 0 Å². The zero-order valence-electron chi connectivity index (χ0n) is 29.1. The minimum absolute atomic E-state index is 0.131. The number of esters is 1. The van der Waals surface area contributed by atoms with Crippen LogP contribution in [0.5, 0.6) is 0 Å². The number of aromatic amines is 1. The summed E-state index contributed by atoms with van der Waals surface area (Å²) < 4.78 is 16.9. The number of amides is 2. The predicted molar refractivity (Wildman–Crippen MR) is 178 cm³/mol. The van der Waals surface area contributed by atoms with Gasteiger partial charge in [-0.2, -0.15) is 0 Å². The van der Waals surface area contributed by atoms with Crippen LogP contribution in [0.1, 0.15) is 99.5 Å². The number of hydrogen-bond acceptors (Lipinski definition) is 6. The lowest BCUT2D eigenvalue weighted by Crippen LogP contribution is -2.55. The number of H-pyrrole nitrogens is 1. The molecular weight excluding hydrogens is 570 g/mol. The van der Waals surface area contributed by atoms with Crippen molar-refractivity contribution in [3.05, 3.63) is 36.0 Å². The van der Waals surface area contributed by atoms with Crippen molar-refractivity contribution in [3.8, 4) is 0 Å². The average Bonchev–Trinajstić information content (AvgIpc) is 3.57. The normalized spacial score (nSPS) is 19.9. The summed E-state index contributed by atoms with van der Waals surface area (Å²) in [4.78, 5) is 42.9. The largest absolute Gasteiger partial charge is 0.460 e. The van der Waals surface area contributed by atoms with E-state index in [9.17, 15) is 14.4 Å². The fourth-order valence-corrected chi connectivity index (χ4v) is 6.53. The van der Waals surface area contributed by atoms with Crippen LogP contribution in [0.15, 0.2) is 30.5 Å². The van der Waals surface area contributed by atoms with Crippen LogP contribution in [0.2, 0.25) is 0 Å².